The van der Waals surface area contributed by atoms with Gasteiger partial charge in [-0.15, -0.1) is 11.8 Å². The van der Waals surface area contributed by atoms with Crippen LogP contribution >= 0.6 is 11.8 Å². The molecule has 1 aliphatic rings. The van der Waals surface area contributed by atoms with Gasteiger partial charge in [0.15, 0.2) is 0 Å². The topological polar surface area (TPSA) is 76.5 Å². The zero-order valence-corrected chi connectivity index (χ0v) is 23.9. The number of nitrogens with zero attached hydrogens (tertiary/aromatic N) is 3. The van der Waals surface area contributed by atoms with Gasteiger partial charge in [-0.25, -0.2) is 13.5 Å². The molecule has 2 aromatic carbocycles. The molecule has 1 aliphatic heterocycles. The van der Waals surface area contributed by atoms with Gasteiger partial charge in [-0.2, -0.15) is 5.10 Å². The van der Waals surface area contributed by atoms with Crippen molar-refractivity contribution >= 4 is 29.4 Å². The Morgan fingerprint density at radius 2 is 1.95 bits per heavy atom. The van der Waals surface area contributed by atoms with E-state index in [2.05, 4.69) is 5.32 Å². The van der Waals surface area contributed by atoms with Crippen LogP contribution in [-0.4, -0.2) is 54.2 Å². The van der Waals surface area contributed by atoms with Gasteiger partial charge in [-0.05, 0) is 37.1 Å². The minimum Gasteiger partial charge on any atom is -0.383 e. The number of nitrogens with one attached hydrogen (secondary N) is 1. The zero-order chi connectivity index (χ0) is 28.5. The molecule has 1 N–H and O–H groups in total. The Labute approximate surface area is 231 Å². The van der Waals surface area contributed by atoms with E-state index >= 15 is 4.39 Å². The van der Waals surface area contributed by atoms with E-state index < -0.39 is 22.3 Å². The molecule has 0 saturated carbocycles. The van der Waals surface area contributed by atoms with Gasteiger partial charge in [0.25, 0.3) is 0 Å². The smallest absolute Gasteiger partial charge is 0.240 e. The predicted molar refractivity (Wildman–Crippen MR) is 150 cm³/mol. The number of hydrogen-bond acceptors (Lipinski definition) is 5. The fraction of sp³-hybridized carbons (Fsp3) is 0.414. The number of aryl methyl sites for hydroxylation is 1. The van der Waals surface area contributed by atoms with E-state index in [-0.39, 0.29) is 29.7 Å². The molecular formula is C29H34F2N4O3S. The fourth-order valence-corrected chi connectivity index (χ4v) is 5.88. The second-order valence-corrected chi connectivity index (χ2v) is 11.7. The third-order valence-corrected chi connectivity index (χ3v) is 8.02. The van der Waals surface area contributed by atoms with E-state index in [1.807, 2.05) is 52.8 Å². The van der Waals surface area contributed by atoms with E-state index in [1.165, 1.54) is 28.8 Å². The first kappa shape index (κ1) is 28.8. The number of anilines is 1. The average molecular weight is 557 g/mol. The Bertz CT molecular complexity index is 1400. The molecule has 0 aliphatic carbocycles. The lowest BCUT2D eigenvalue weighted by atomic mass is 9.87. The minimum absolute atomic E-state index is 0.00209. The summed E-state index contributed by atoms with van der Waals surface area (Å²) in [5.74, 6) is -1.62. The standard InChI is InChI=1S/C29H34F2N4O3S/c1-17-8-7-9-22(18(17)2)35-28-25(27(33-35)29(3,4)5)26(20-11-10-19(30)14-21(20)31)39-16-24(37)34(28)15-23(36)32-12-13-38-6/h7-11,14,26H,12-13,15-16H2,1-6H3,(H,32,36). The third kappa shape index (κ3) is 5.86. The van der Waals surface area contributed by atoms with Crippen molar-refractivity contribution < 1.29 is 23.1 Å². The van der Waals surface area contributed by atoms with Gasteiger partial charge in [0, 0.05) is 36.3 Å². The quantitative estimate of drug-likeness (QED) is 0.415. The van der Waals surface area contributed by atoms with Crippen LogP contribution in [0, 0.1) is 25.5 Å². The van der Waals surface area contributed by atoms with Crippen LogP contribution in [0.5, 0.6) is 0 Å². The van der Waals surface area contributed by atoms with Crippen molar-refractivity contribution in [2.75, 3.05) is 37.5 Å². The molecule has 0 saturated heterocycles. The molecule has 2 heterocycles. The molecule has 10 heteroatoms. The molecular weight excluding hydrogens is 522 g/mol. The molecule has 2 amide bonds. The molecule has 0 bridgehead atoms. The summed E-state index contributed by atoms with van der Waals surface area (Å²) in [7, 11) is 1.54. The number of thioether (sulfide) groups is 1. The largest absolute Gasteiger partial charge is 0.383 e. The van der Waals surface area contributed by atoms with Crippen LogP contribution in [0.15, 0.2) is 36.4 Å². The van der Waals surface area contributed by atoms with Gasteiger partial charge in [0.2, 0.25) is 11.8 Å². The molecule has 3 aromatic rings. The summed E-state index contributed by atoms with van der Waals surface area (Å²) in [5, 5.41) is 7.16. The molecule has 208 valence electrons. The maximum atomic E-state index is 15.3. The molecule has 1 unspecified atom stereocenters. The van der Waals surface area contributed by atoms with Crippen LogP contribution < -0.4 is 10.2 Å². The lowest BCUT2D eigenvalue weighted by molar-refractivity contribution is -0.123. The van der Waals surface area contributed by atoms with Crippen molar-refractivity contribution in [2.24, 2.45) is 0 Å². The van der Waals surface area contributed by atoms with E-state index in [0.717, 1.165) is 22.9 Å². The van der Waals surface area contributed by atoms with Crippen LogP contribution in [0.1, 0.15) is 54.0 Å². The van der Waals surface area contributed by atoms with Gasteiger partial charge < -0.3 is 10.1 Å². The highest BCUT2D eigenvalue weighted by Gasteiger charge is 2.40. The number of rotatable bonds is 7. The van der Waals surface area contributed by atoms with Crippen LogP contribution in [-0.2, 0) is 19.7 Å². The maximum Gasteiger partial charge on any atom is 0.240 e. The van der Waals surface area contributed by atoms with Gasteiger partial charge in [-0.3, -0.25) is 14.5 Å². The number of benzene rings is 2. The Balaban J connectivity index is 2.01. The number of carbonyl (C=O) groups is 2. The van der Waals surface area contributed by atoms with Crippen LogP contribution in [0.25, 0.3) is 5.69 Å². The second kappa shape index (κ2) is 11.5. The molecule has 39 heavy (non-hydrogen) atoms. The van der Waals surface area contributed by atoms with Crippen molar-refractivity contribution in [3.8, 4) is 5.69 Å². The average Bonchev–Trinajstić information content (AvgIpc) is 3.20. The highest BCUT2D eigenvalue weighted by atomic mass is 32.2. The molecule has 0 fully saturated rings. The van der Waals surface area contributed by atoms with E-state index in [4.69, 9.17) is 9.84 Å². The summed E-state index contributed by atoms with van der Waals surface area (Å²) in [6.07, 6.45) is 0. The summed E-state index contributed by atoms with van der Waals surface area (Å²) in [6.45, 7) is 10.4. The van der Waals surface area contributed by atoms with Gasteiger partial charge in [0.05, 0.1) is 29.0 Å². The number of halogens is 2. The highest BCUT2D eigenvalue weighted by molar-refractivity contribution is 8.00. The van der Waals surface area contributed by atoms with Gasteiger partial charge >= 0.3 is 0 Å². The lowest BCUT2D eigenvalue weighted by Gasteiger charge is -2.25. The van der Waals surface area contributed by atoms with E-state index in [1.54, 1.807) is 11.8 Å². The first-order valence-corrected chi connectivity index (χ1v) is 13.8. The highest BCUT2D eigenvalue weighted by Crippen LogP contribution is 2.49. The molecule has 7 nitrogen and oxygen atoms in total. The van der Waals surface area contributed by atoms with Crippen molar-refractivity contribution in [2.45, 2.75) is 45.3 Å². The lowest BCUT2D eigenvalue weighted by Crippen LogP contribution is -2.43. The Morgan fingerprint density at radius 3 is 2.62 bits per heavy atom. The van der Waals surface area contributed by atoms with Crippen molar-refractivity contribution in [1.29, 1.82) is 0 Å². The normalized spacial score (nSPS) is 15.7. The number of methoxy groups -OCH3 is 1. The van der Waals surface area contributed by atoms with Crippen LogP contribution in [0.4, 0.5) is 14.6 Å². The zero-order valence-electron chi connectivity index (χ0n) is 23.1. The van der Waals surface area contributed by atoms with Crippen molar-refractivity contribution in [1.82, 2.24) is 15.1 Å². The van der Waals surface area contributed by atoms with Gasteiger partial charge in [-0.1, -0.05) is 39.0 Å². The summed E-state index contributed by atoms with van der Waals surface area (Å²) < 4.78 is 35.9. The Morgan fingerprint density at radius 1 is 1.21 bits per heavy atom. The Hall–Kier alpha value is -3.24. The van der Waals surface area contributed by atoms with Crippen molar-refractivity contribution in [3.05, 3.63) is 76.0 Å². The second-order valence-electron chi connectivity index (χ2n) is 10.6. The van der Waals surface area contributed by atoms with Crippen molar-refractivity contribution in [3.63, 3.8) is 0 Å². The number of fused-ring (bicyclic) bond motifs is 1. The van der Waals surface area contributed by atoms with E-state index in [0.29, 0.717) is 30.2 Å². The first-order valence-electron chi connectivity index (χ1n) is 12.8. The van der Waals surface area contributed by atoms with Crippen LogP contribution in [0.3, 0.4) is 0 Å². The first-order chi connectivity index (χ1) is 18.4. The molecule has 0 radical (unpaired) electrons. The molecule has 4 rings (SSSR count). The number of amides is 2. The Kier molecular flexibility index (Phi) is 8.46. The van der Waals surface area contributed by atoms with Crippen LogP contribution in [0.2, 0.25) is 0 Å². The van der Waals surface area contributed by atoms with E-state index in [9.17, 15) is 14.0 Å². The summed E-state index contributed by atoms with van der Waals surface area (Å²) in [6, 6.07) is 9.31. The number of ether oxygens (including phenoxy) is 1. The summed E-state index contributed by atoms with van der Waals surface area (Å²) in [4.78, 5) is 28.1. The maximum absolute atomic E-state index is 15.3. The summed E-state index contributed by atoms with van der Waals surface area (Å²) >= 11 is 1.25. The fourth-order valence-electron chi connectivity index (χ4n) is 4.66. The van der Waals surface area contributed by atoms with Gasteiger partial charge in [0.1, 0.15) is 24.0 Å². The molecule has 1 aromatic heterocycles. The molecule has 1 atom stereocenters. The number of carbonyl (C=O) groups excluding carboxylic acids is 2. The number of hydrogen-bond donors (Lipinski definition) is 1. The monoisotopic (exact) mass is 556 g/mol. The SMILES string of the molecule is COCCNC(=O)CN1C(=O)CSC(c2ccc(F)cc2F)c2c(C(C)(C)C)nn(-c3cccc(C)c3C)c21. The predicted octanol–water partition coefficient (Wildman–Crippen LogP) is 5.00. The molecule has 0 spiro atoms. The number of aromatic nitrogens is 2. The third-order valence-electron chi connectivity index (χ3n) is 6.78. The summed E-state index contributed by atoms with van der Waals surface area (Å²) in [5.41, 5.74) is 3.81. The minimum atomic E-state index is -0.698.